The molecule has 0 saturated heterocycles. The fourth-order valence-electron chi connectivity index (χ4n) is 1.96. The number of para-hydroxylation sites is 1. The molecule has 0 atom stereocenters. The number of rotatable bonds is 3. The normalized spacial score (nSPS) is 11.2. The van der Waals surface area contributed by atoms with Crippen LogP contribution in [0.2, 0.25) is 0 Å². The van der Waals surface area contributed by atoms with Gasteiger partial charge in [0.1, 0.15) is 17.9 Å². The third kappa shape index (κ3) is 2.88. The van der Waals surface area contributed by atoms with Crippen LogP contribution in [0.1, 0.15) is 31.9 Å². The van der Waals surface area contributed by atoms with E-state index in [0.29, 0.717) is 11.7 Å². The minimum absolute atomic E-state index is 0.00746. The van der Waals surface area contributed by atoms with Gasteiger partial charge < -0.3 is 10.2 Å². The van der Waals surface area contributed by atoms with E-state index in [1.165, 1.54) is 6.33 Å². The minimum Gasteiger partial charge on any atom is -0.438 e. The first-order valence-corrected chi connectivity index (χ1v) is 6.49. The summed E-state index contributed by atoms with van der Waals surface area (Å²) in [5, 5.41) is 0. The van der Waals surface area contributed by atoms with Crippen molar-refractivity contribution in [1.82, 2.24) is 9.97 Å². The van der Waals surface area contributed by atoms with E-state index >= 15 is 0 Å². The van der Waals surface area contributed by atoms with Crippen LogP contribution in [0, 0.1) is 6.92 Å². The Labute approximate surface area is 119 Å². The number of nitrogen functional groups attached to an aromatic ring is 1. The van der Waals surface area contributed by atoms with Gasteiger partial charge in [0.2, 0.25) is 5.88 Å². The Morgan fingerprint density at radius 1 is 1.15 bits per heavy atom. The summed E-state index contributed by atoms with van der Waals surface area (Å²) in [6, 6.07) is 7.96. The summed E-state index contributed by atoms with van der Waals surface area (Å²) in [6.07, 6.45) is 1.43. The van der Waals surface area contributed by atoms with Crippen molar-refractivity contribution in [2.24, 2.45) is 5.84 Å². The average Bonchev–Trinajstić information content (AvgIpc) is 2.40. The standard InChI is InChI=1S/C15H20N4O/c1-10-13(19-16)17-9-18-14(10)20-12-8-6-5-7-11(12)15(2,3)4/h5-9H,16H2,1-4H3,(H,17,18,19). The molecule has 2 aromatic rings. The highest BCUT2D eigenvalue weighted by molar-refractivity contribution is 5.49. The lowest BCUT2D eigenvalue weighted by Gasteiger charge is -2.22. The first-order valence-electron chi connectivity index (χ1n) is 6.49. The van der Waals surface area contributed by atoms with E-state index < -0.39 is 0 Å². The SMILES string of the molecule is Cc1c(NN)ncnc1Oc1ccccc1C(C)(C)C. The maximum absolute atomic E-state index is 5.96. The van der Waals surface area contributed by atoms with Gasteiger partial charge in [0.15, 0.2) is 0 Å². The summed E-state index contributed by atoms with van der Waals surface area (Å²) in [7, 11) is 0. The zero-order valence-corrected chi connectivity index (χ0v) is 12.3. The topological polar surface area (TPSA) is 73.1 Å². The smallest absolute Gasteiger partial charge is 0.227 e. The monoisotopic (exact) mass is 272 g/mol. The molecule has 5 heteroatoms. The Kier molecular flexibility index (Phi) is 3.90. The molecule has 20 heavy (non-hydrogen) atoms. The lowest BCUT2D eigenvalue weighted by atomic mass is 9.86. The molecule has 0 bridgehead atoms. The van der Waals surface area contributed by atoms with E-state index in [4.69, 9.17) is 10.6 Å². The zero-order valence-electron chi connectivity index (χ0n) is 12.3. The zero-order chi connectivity index (χ0) is 14.8. The molecule has 0 aliphatic carbocycles. The first-order chi connectivity index (χ1) is 9.43. The van der Waals surface area contributed by atoms with Crippen LogP contribution in [-0.4, -0.2) is 9.97 Å². The average molecular weight is 272 g/mol. The van der Waals surface area contributed by atoms with E-state index in [1.54, 1.807) is 0 Å². The van der Waals surface area contributed by atoms with Gasteiger partial charge in [0.05, 0.1) is 5.56 Å². The fourth-order valence-corrected chi connectivity index (χ4v) is 1.96. The van der Waals surface area contributed by atoms with E-state index in [9.17, 15) is 0 Å². The quantitative estimate of drug-likeness (QED) is 0.663. The summed E-state index contributed by atoms with van der Waals surface area (Å²) in [4.78, 5) is 8.22. The Bertz CT molecular complexity index is 605. The van der Waals surface area contributed by atoms with Crippen molar-refractivity contribution < 1.29 is 4.74 Å². The Balaban J connectivity index is 2.41. The number of nitrogens with two attached hydrogens (primary N) is 1. The van der Waals surface area contributed by atoms with Crippen molar-refractivity contribution in [2.45, 2.75) is 33.1 Å². The van der Waals surface area contributed by atoms with Crippen LogP contribution in [0.15, 0.2) is 30.6 Å². The maximum Gasteiger partial charge on any atom is 0.227 e. The summed E-state index contributed by atoms with van der Waals surface area (Å²) in [6.45, 7) is 8.31. The first kappa shape index (κ1) is 14.3. The van der Waals surface area contributed by atoms with Crippen molar-refractivity contribution in [2.75, 3.05) is 5.43 Å². The van der Waals surface area contributed by atoms with Crippen molar-refractivity contribution in [3.8, 4) is 11.6 Å². The second kappa shape index (κ2) is 5.46. The van der Waals surface area contributed by atoms with Gasteiger partial charge in [0.25, 0.3) is 0 Å². The van der Waals surface area contributed by atoms with Crippen LogP contribution < -0.4 is 16.0 Å². The molecule has 0 fully saturated rings. The fraction of sp³-hybridized carbons (Fsp3) is 0.333. The highest BCUT2D eigenvalue weighted by Gasteiger charge is 2.19. The molecule has 5 nitrogen and oxygen atoms in total. The van der Waals surface area contributed by atoms with Gasteiger partial charge in [-0.2, -0.15) is 0 Å². The molecule has 0 spiro atoms. The third-order valence-corrected chi connectivity index (χ3v) is 3.08. The number of ether oxygens (including phenoxy) is 1. The second-order valence-corrected chi connectivity index (χ2v) is 5.64. The Morgan fingerprint density at radius 2 is 1.85 bits per heavy atom. The van der Waals surface area contributed by atoms with Crippen molar-refractivity contribution >= 4 is 5.82 Å². The molecule has 0 aliphatic rings. The predicted molar refractivity (Wildman–Crippen MR) is 79.8 cm³/mol. The number of hydrogen-bond donors (Lipinski definition) is 2. The molecule has 0 saturated carbocycles. The lowest BCUT2D eigenvalue weighted by molar-refractivity contribution is 0.436. The number of nitrogens with one attached hydrogen (secondary N) is 1. The number of benzene rings is 1. The van der Waals surface area contributed by atoms with Gasteiger partial charge in [-0.3, -0.25) is 0 Å². The number of aromatic nitrogens is 2. The van der Waals surface area contributed by atoms with Crippen LogP contribution >= 0.6 is 0 Å². The van der Waals surface area contributed by atoms with Crippen LogP contribution in [0.25, 0.3) is 0 Å². The molecule has 1 heterocycles. The molecular weight excluding hydrogens is 252 g/mol. The van der Waals surface area contributed by atoms with Gasteiger partial charge in [-0.15, -0.1) is 0 Å². The van der Waals surface area contributed by atoms with Gasteiger partial charge in [-0.25, -0.2) is 15.8 Å². The van der Waals surface area contributed by atoms with Gasteiger partial charge in [-0.1, -0.05) is 39.0 Å². The maximum atomic E-state index is 5.96. The van der Waals surface area contributed by atoms with E-state index in [1.807, 2.05) is 25.1 Å². The Hall–Kier alpha value is -2.14. The van der Waals surface area contributed by atoms with Crippen LogP contribution in [0.3, 0.4) is 0 Å². The summed E-state index contributed by atoms with van der Waals surface area (Å²) in [5.74, 6) is 7.28. The molecule has 3 N–H and O–H groups in total. The highest BCUT2D eigenvalue weighted by Crippen LogP contribution is 2.34. The Morgan fingerprint density at radius 3 is 2.50 bits per heavy atom. The van der Waals surface area contributed by atoms with Gasteiger partial charge in [0, 0.05) is 5.56 Å². The molecule has 1 aromatic carbocycles. The molecule has 106 valence electrons. The van der Waals surface area contributed by atoms with Crippen molar-refractivity contribution in [1.29, 1.82) is 0 Å². The number of anilines is 1. The highest BCUT2D eigenvalue weighted by atomic mass is 16.5. The molecule has 1 aromatic heterocycles. The number of hydrazine groups is 1. The van der Waals surface area contributed by atoms with Crippen LogP contribution in [0.5, 0.6) is 11.6 Å². The van der Waals surface area contributed by atoms with Crippen molar-refractivity contribution in [3.05, 3.63) is 41.7 Å². The van der Waals surface area contributed by atoms with E-state index in [2.05, 4.69) is 42.2 Å². The molecule has 2 rings (SSSR count). The molecule has 0 radical (unpaired) electrons. The minimum atomic E-state index is -0.00746. The molecule has 0 aliphatic heterocycles. The molecule has 0 unspecified atom stereocenters. The third-order valence-electron chi connectivity index (χ3n) is 3.08. The largest absolute Gasteiger partial charge is 0.438 e. The van der Waals surface area contributed by atoms with E-state index in [-0.39, 0.29) is 5.41 Å². The van der Waals surface area contributed by atoms with Crippen LogP contribution in [-0.2, 0) is 5.41 Å². The van der Waals surface area contributed by atoms with E-state index in [0.717, 1.165) is 16.9 Å². The number of hydrogen-bond acceptors (Lipinski definition) is 5. The molecule has 0 amide bonds. The van der Waals surface area contributed by atoms with Crippen molar-refractivity contribution in [3.63, 3.8) is 0 Å². The summed E-state index contributed by atoms with van der Waals surface area (Å²) >= 11 is 0. The summed E-state index contributed by atoms with van der Waals surface area (Å²) in [5.41, 5.74) is 4.43. The van der Waals surface area contributed by atoms with Gasteiger partial charge in [-0.05, 0) is 18.4 Å². The number of nitrogens with zero attached hydrogens (tertiary/aromatic N) is 2. The summed E-state index contributed by atoms with van der Waals surface area (Å²) < 4.78 is 5.96. The second-order valence-electron chi connectivity index (χ2n) is 5.64. The van der Waals surface area contributed by atoms with Gasteiger partial charge >= 0.3 is 0 Å². The van der Waals surface area contributed by atoms with Crippen LogP contribution in [0.4, 0.5) is 5.82 Å². The lowest BCUT2D eigenvalue weighted by Crippen LogP contribution is -2.13. The molecular formula is C15H20N4O. The predicted octanol–water partition coefficient (Wildman–Crippen LogP) is 3.16.